The van der Waals surface area contributed by atoms with Crippen molar-refractivity contribution >= 4 is 27.3 Å². The third-order valence-corrected chi connectivity index (χ3v) is 4.90. The molecular formula is C17H13ClN2O2S. The van der Waals surface area contributed by atoms with Crippen LogP contribution in [-0.4, -0.2) is 13.4 Å². The lowest BCUT2D eigenvalue weighted by Crippen LogP contribution is -2.14. The fourth-order valence-corrected chi connectivity index (χ4v) is 3.59. The van der Waals surface area contributed by atoms with Gasteiger partial charge in [-0.2, -0.15) is 0 Å². The molecule has 0 saturated carbocycles. The highest BCUT2D eigenvalue weighted by Crippen LogP contribution is 2.28. The Labute approximate surface area is 139 Å². The molecule has 0 aliphatic heterocycles. The number of benzene rings is 2. The van der Waals surface area contributed by atoms with Gasteiger partial charge in [0.05, 0.1) is 16.8 Å². The van der Waals surface area contributed by atoms with Crippen molar-refractivity contribution in [1.82, 2.24) is 4.98 Å². The molecule has 2 aromatic carbocycles. The topological polar surface area (TPSA) is 59.1 Å². The molecule has 1 aromatic heterocycles. The van der Waals surface area contributed by atoms with Crippen LogP contribution in [0, 0.1) is 0 Å². The van der Waals surface area contributed by atoms with E-state index in [1.54, 1.807) is 24.3 Å². The molecule has 0 unspecified atom stereocenters. The second-order valence-electron chi connectivity index (χ2n) is 4.84. The van der Waals surface area contributed by atoms with Crippen LogP contribution >= 0.6 is 11.6 Å². The van der Waals surface area contributed by atoms with Crippen molar-refractivity contribution in [3.05, 3.63) is 78.1 Å². The van der Waals surface area contributed by atoms with Gasteiger partial charge in [-0.25, -0.2) is 13.4 Å². The van der Waals surface area contributed by atoms with Crippen molar-refractivity contribution in [2.24, 2.45) is 0 Å². The van der Waals surface area contributed by atoms with Crippen LogP contribution in [0.25, 0.3) is 11.1 Å². The maximum absolute atomic E-state index is 12.7. The molecule has 0 fully saturated rings. The maximum Gasteiger partial charge on any atom is 0.262 e. The summed E-state index contributed by atoms with van der Waals surface area (Å²) in [6, 6.07) is 19.3. The number of hydrogen-bond acceptors (Lipinski definition) is 3. The van der Waals surface area contributed by atoms with Gasteiger partial charge in [0.25, 0.3) is 10.0 Å². The number of rotatable bonds is 4. The fraction of sp³-hybridized carbons (Fsp3) is 0. The number of pyridine rings is 1. The van der Waals surface area contributed by atoms with Crippen molar-refractivity contribution in [3.63, 3.8) is 0 Å². The molecule has 1 heterocycles. The van der Waals surface area contributed by atoms with E-state index in [0.29, 0.717) is 16.4 Å². The second kappa shape index (κ2) is 6.40. The van der Waals surface area contributed by atoms with E-state index in [1.807, 2.05) is 36.4 Å². The SMILES string of the molecule is O=S(=O)(Nc1ccc(Cl)nc1)c1ccccc1-c1ccccc1. The van der Waals surface area contributed by atoms with E-state index in [1.165, 1.54) is 12.3 Å². The summed E-state index contributed by atoms with van der Waals surface area (Å²) in [5.41, 5.74) is 1.84. The molecule has 6 heteroatoms. The molecule has 0 atom stereocenters. The summed E-state index contributed by atoms with van der Waals surface area (Å²) < 4.78 is 27.9. The summed E-state index contributed by atoms with van der Waals surface area (Å²) in [6.45, 7) is 0. The van der Waals surface area contributed by atoms with Crippen molar-refractivity contribution < 1.29 is 8.42 Å². The standard InChI is InChI=1S/C17H13ClN2O2S/c18-17-11-10-14(12-19-17)20-23(21,22)16-9-5-4-8-15(16)13-6-2-1-3-7-13/h1-12,20H. The predicted octanol–water partition coefficient (Wildman–Crippen LogP) is 4.20. The van der Waals surface area contributed by atoms with Crippen molar-refractivity contribution in [1.29, 1.82) is 0 Å². The highest BCUT2D eigenvalue weighted by atomic mass is 35.5. The molecular weight excluding hydrogens is 332 g/mol. The van der Waals surface area contributed by atoms with Gasteiger partial charge in [-0.1, -0.05) is 60.1 Å². The van der Waals surface area contributed by atoms with Crippen LogP contribution in [0.15, 0.2) is 77.8 Å². The number of halogens is 1. The summed E-state index contributed by atoms with van der Waals surface area (Å²) in [5, 5.41) is 0.303. The first-order valence-electron chi connectivity index (χ1n) is 6.85. The lowest BCUT2D eigenvalue weighted by atomic mass is 10.1. The summed E-state index contributed by atoms with van der Waals surface area (Å²) in [6.07, 6.45) is 1.38. The molecule has 1 N–H and O–H groups in total. The fourth-order valence-electron chi connectivity index (χ4n) is 2.20. The van der Waals surface area contributed by atoms with Crippen molar-refractivity contribution in [2.75, 3.05) is 4.72 Å². The molecule has 23 heavy (non-hydrogen) atoms. The van der Waals surface area contributed by atoms with E-state index in [2.05, 4.69) is 9.71 Å². The van der Waals surface area contributed by atoms with Gasteiger partial charge in [0, 0.05) is 5.56 Å². The first-order chi connectivity index (χ1) is 11.1. The highest BCUT2D eigenvalue weighted by Gasteiger charge is 2.19. The quantitative estimate of drug-likeness (QED) is 0.721. The van der Waals surface area contributed by atoms with E-state index in [-0.39, 0.29) is 4.90 Å². The number of nitrogens with one attached hydrogen (secondary N) is 1. The third kappa shape index (κ3) is 3.52. The van der Waals surface area contributed by atoms with Gasteiger partial charge in [-0.15, -0.1) is 0 Å². The van der Waals surface area contributed by atoms with Gasteiger partial charge in [0.2, 0.25) is 0 Å². The number of aromatic nitrogens is 1. The molecule has 0 bridgehead atoms. The monoisotopic (exact) mass is 344 g/mol. The van der Waals surface area contributed by atoms with Gasteiger partial charge in [-0.05, 0) is 23.8 Å². The van der Waals surface area contributed by atoms with Gasteiger partial charge in [0.1, 0.15) is 5.15 Å². The van der Waals surface area contributed by atoms with Crippen LogP contribution in [0.4, 0.5) is 5.69 Å². The third-order valence-electron chi connectivity index (χ3n) is 3.24. The molecule has 0 saturated heterocycles. The minimum Gasteiger partial charge on any atom is -0.278 e. The van der Waals surface area contributed by atoms with E-state index in [4.69, 9.17) is 11.6 Å². The molecule has 3 aromatic rings. The van der Waals surface area contributed by atoms with Crippen molar-refractivity contribution in [2.45, 2.75) is 4.90 Å². The summed E-state index contributed by atoms with van der Waals surface area (Å²) >= 11 is 5.72. The van der Waals surface area contributed by atoms with E-state index >= 15 is 0 Å². The lowest BCUT2D eigenvalue weighted by molar-refractivity contribution is 0.601. The minimum atomic E-state index is -3.74. The van der Waals surface area contributed by atoms with Gasteiger partial charge < -0.3 is 0 Å². The van der Waals surface area contributed by atoms with Crippen LogP contribution in [0.1, 0.15) is 0 Å². The Morgan fingerprint density at radius 3 is 2.26 bits per heavy atom. The highest BCUT2D eigenvalue weighted by molar-refractivity contribution is 7.92. The Morgan fingerprint density at radius 1 is 0.870 bits per heavy atom. The largest absolute Gasteiger partial charge is 0.278 e. The van der Waals surface area contributed by atoms with Gasteiger partial charge >= 0.3 is 0 Å². The first-order valence-corrected chi connectivity index (χ1v) is 8.71. The zero-order valence-corrected chi connectivity index (χ0v) is 13.6. The molecule has 0 amide bonds. The van der Waals surface area contributed by atoms with E-state index in [0.717, 1.165) is 5.56 Å². The van der Waals surface area contributed by atoms with E-state index < -0.39 is 10.0 Å². The smallest absolute Gasteiger partial charge is 0.262 e. The zero-order chi connectivity index (χ0) is 16.3. The van der Waals surface area contributed by atoms with Crippen LogP contribution in [0.2, 0.25) is 5.15 Å². The summed E-state index contributed by atoms with van der Waals surface area (Å²) in [4.78, 5) is 4.09. The lowest BCUT2D eigenvalue weighted by Gasteiger charge is -2.12. The Hall–Kier alpha value is -2.37. The molecule has 0 aliphatic rings. The van der Waals surface area contributed by atoms with Crippen molar-refractivity contribution in [3.8, 4) is 11.1 Å². The Balaban J connectivity index is 2.02. The average molecular weight is 345 g/mol. The molecule has 3 rings (SSSR count). The first kappa shape index (κ1) is 15.5. The summed E-state index contributed by atoms with van der Waals surface area (Å²) in [5.74, 6) is 0. The maximum atomic E-state index is 12.7. The number of hydrogen-bond donors (Lipinski definition) is 1. The average Bonchev–Trinajstić information content (AvgIpc) is 2.58. The normalized spacial score (nSPS) is 11.2. The van der Waals surface area contributed by atoms with Crippen LogP contribution in [-0.2, 0) is 10.0 Å². The Kier molecular flexibility index (Phi) is 4.32. The number of sulfonamides is 1. The number of anilines is 1. The molecule has 0 spiro atoms. The Morgan fingerprint density at radius 2 is 1.57 bits per heavy atom. The molecule has 4 nitrogen and oxygen atoms in total. The summed E-state index contributed by atoms with van der Waals surface area (Å²) in [7, 11) is -3.74. The van der Waals surface area contributed by atoms with Crippen LogP contribution in [0.3, 0.4) is 0 Å². The van der Waals surface area contributed by atoms with Crippen LogP contribution < -0.4 is 4.72 Å². The van der Waals surface area contributed by atoms with E-state index in [9.17, 15) is 8.42 Å². The van der Waals surface area contributed by atoms with Gasteiger partial charge in [0.15, 0.2) is 0 Å². The van der Waals surface area contributed by atoms with Gasteiger partial charge in [-0.3, -0.25) is 4.72 Å². The van der Waals surface area contributed by atoms with Crippen LogP contribution in [0.5, 0.6) is 0 Å². The second-order valence-corrected chi connectivity index (χ2v) is 6.88. The Bertz CT molecular complexity index is 911. The molecule has 0 radical (unpaired) electrons. The zero-order valence-electron chi connectivity index (χ0n) is 12.0. The number of nitrogens with zero attached hydrogens (tertiary/aromatic N) is 1. The predicted molar refractivity (Wildman–Crippen MR) is 91.9 cm³/mol. The molecule has 116 valence electrons. The minimum absolute atomic E-state index is 0.209. The molecule has 0 aliphatic carbocycles.